The maximum atomic E-state index is 11.8. The van der Waals surface area contributed by atoms with Gasteiger partial charge in [0.2, 0.25) is 17.7 Å². The van der Waals surface area contributed by atoms with E-state index in [1.54, 1.807) is 19.2 Å². The van der Waals surface area contributed by atoms with Gasteiger partial charge in [0, 0.05) is 17.6 Å². The minimum atomic E-state index is -0.115. The SMILES string of the molecule is CNC(=O)[C@@H]1CCCN1Cc1nnc(-c2ccc(Cl)cc2)o1. The number of carbonyl (C=O) groups is 1. The molecule has 1 aliphatic heterocycles. The molecule has 7 heteroatoms. The van der Waals surface area contributed by atoms with Crippen LogP contribution in [0.2, 0.25) is 5.02 Å². The molecule has 0 saturated carbocycles. The van der Waals surface area contributed by atoms with Gasteiger partial charge in [-0.2, -0.15) is 0 Å². The van der Waals surface area contributed by atoms with Gasteiger partial charge >= 0.3 is 0 Å². The summed E-state index contributed by atoms with van der Waals surface area (Å²) in [5, 5.41) is 11.5. The summed E-state index contributed by atoms with van der Waals surface area (Å²) in [6, 6.07) is 7.12. The van der Waals surface area contributed by atoms with Gasteiger partial charge in [-0.1, -0.05) is 11.6 Å². The molecule has 0 aliphatic carbocycles. The number of nitrogens with zero attached hydrogens (tertiary/aromatic N) is 3. The van der Waals surface area contributed by atoms with E-state index in [1.165, 1.54) is 0 Å². The Hall–Kier alpha value is -1.92. The van der Waals surface area contributed by atoms with E-state index in [-0.39, 0.29) is 11.9 Å². The molecule has 1 saturated heterocycles. The second kappa shape index (κ2) is 6.46. The lowest BCUT2D eigenvalue weighted by atomic mass is 10.2. The maximum Gasteiger partial charge on any atom is 0.247 e. The van der Waals surface area contributed by atoms with Crippen molar-refractivity contribution in [2.75, 3.05) is 13.6 Å². The molecule has 1 atom stereocenters. The number of halogens is 1. The van der Waals surface area contributed by atoms with Crippen molar-refractivity contribution < 1.29 is 9.21 Å². The van der Waals surface area contributed by atoms with Crippen LogP contribution in [-0.4, -0.2) is 40.6 Å². The molecule has 1 fully saturated rings. The Labute approximate surface area is 133 Å². The first-order chi connectivity index (χ1) is 10.7. The zero-order chi connectivity index (χ0) is 15.5. The fourth-order valence-electron chi connectivity index (χ4n) is 2.68. The summed E-state index contributed by atoms with van der Waals surface area (Å²) in [6.07, 6.45) is 1.86. The van der Waals surface area contributed by atoms with Gasteiger partial charge < -0.3 is 9.73 Å². The van der Waals surface area contributed by atoms with Crippen molar-refractivity contribution in [2.24, 2.45) is 0 Å². The summed E-state index contributed by atoms with van der Waals surface area (Å²) < 4.78 is 5.69. The predicted molar refractivity (Wildman–Crippen MR) is 82.2 cm³/mol. The standard InChI is InChI=1S/C15H17ClN4O2/c1-17-14(21)12-3-2-8-20(12)9-13-18-19-15(22-13)10-4-6-11(16)7-5-10/h4-7,12H,2-3,8-9H2,1H3,(H,17,21)/t12-/m0/s1. The third-order valence-electron chi connectivity index (χ3n) is 3.81. The number of hydrogen-bond donors (Lipinski definition) is 1. The molecule has 0 bridgehead atoms. The van der Waals surface area contributed by atoms with Crippen LogP contribution in [0.15, 0.2) is 28.7 Å². The Bertz CT molecular complexity index is 656. The number of benzene rings is 1. The molecule has 1 N–H and O–H groups in total. The molecule has 0 radical (unpaired) electrons. The fourth-order valence-corrected chi connectivity index (χ4v) is 2.81. The average Bonchev–Trinajstić information content (AvgIpc) is 3.17. The molecule has 6 nitrogen and oxygen atoms in total. The summed E-state index contributed by atoms with van der Waals surface area (Å²) in [6.45, 7) is 1.34. The molecule has 116 valence electrons. The van der Waals surface area contributed by atoms with Crippen LogP contribution in [0.5, 0.6) is 0 Å². The third kappa shape index (κ3) is 3.13. The summed E-state index contributed by atoms with van der Waals surface area (Å²) in [7, 11) is 1.66. The van der Waals surface area contributed by atoms with E-state index in [9.17, 15) is 4.79 Å². The molecule has 3 rings (SSSR count). The van der Waals surface area contributed by atoms with E-state index in [4.69, 9.17) is 16.0 Å². The molecule has 2 heterocycles. The highest BCUT2D eigenvalue weighted by Crippen LogP contribution is 2.23. The lowest BCUT2D eigenvalue weighted by Gasteiger charge is -2.20. The van der Waals surface area contributed by atoms with Crippen LogP contribution >= 0.6 is 11.6 Å². The smallest absolute Gasteiger partial charge is 0.247 e. The van der Waals surface area contributed by atoms with Gasteiger partial charge in [0.25, 0.3) is 0 Å². The lowest BCUT2D eigenvalue weighted by molar-refractivity contribution is -0.125. The number of aromatic nitrogens is 2. The number of likely N-dealkylation sites (tertiary alicyclic amines) is 1. The van der Waals surface area contributed by atoms with E-state index in [2.05, 4.69) is 20.4 Å². The van der Waals surface area contributed by atoms with Gasteiger partial charge in [-0.25, -0.2) is 0 Å². The summed E-state index contributed by atoms with van der Waals surface area (Å²) in [4.78, 5) is 13.9. The van der Waals surface area contributed by atoms with Gasteiger partial charge in [0.1, 0.15) is 0 Å². The van der Waals surface area contributed by atoms with Crippen molar-refractivity contribution in [2.45, 2.75) is 25.4 Å². The number of hydrogen-bond acceptors (Lipinski definition) is 5. The second-order valence-electron chi connectivity index (χ2n) is 5.25. The zero-order valence-corrected chi connectivity index (χ0v) is 13.0. The average molecular weight is 321 g/mol. The van der Waals surface area contributed by atoms with E-state index in [0.717, 1.165) is 24.9 Å². The molecule has 1 aromatic heterocycles. The lowest BCUT2D eigenvalue weighted by Crippen LogP contribution is -2.41. The molecule has 1 aliphatic rings. The van der Waals surface area contributed by atoms with Crippen LogP contribution in [-0.2, 0) is 11.3 Å². The van der Waals surface area contributed by atoms with E-state index < -0.39 is 0 Å². The van der Waals surface area contributed by atoms with Crippen molar-refractivity contribution in [1.29, 1.82) is 0 Å². The molecule has 0 spiro atoms. The molecular formula is C15H17ClN4O2. The highest BCUT2D eigenvalue weighted by molar-refractivity contribution is 6.30. The van der Waals surface area contributed by atoms with Crippen molar-refractivity contribution in [1.82, 2.24) is 20.4 Å². The van der Waals surface area contributed by atoms with Crippen LogP contribution in [0.4, 0.5) is 0 Å². The molecule has 0 unspecified atom stereocenters. The van der Waals surface area contributed by atoms with Crippen LogP contribution in [0.25, 0.3) is 11.5 Å². The van der Waals surface area contributed by atoms with Gasteiger partial charge in [-0.3, -0.25) is 9.69 Å². The highest BCUT2D eigenvalue weighted by Gasteiger charge is 2.31. The normalized spacial score (nSPS) is 18.5. The second-order valence-corrected chi connectivity index (χ2v) is 5.69. The number of rotatable bonds is 4. The summed E-state index contributed by atoms with van der Waals surface area (Å²) in [5.74, 6) is 1.01. The number of amides is 1. The van der Waals surface area contributed by atoms with Crippen LogP contribution in [0.1, 0.15) is 18.7 Å². The zero-order valence-electron chi connectivity index (χ0n) is 12.3. The largest absolute Gasteiger partial charge is 0.419 e. The first-order valence-electron chi connectivity index (χ1n) is 7.21. The van der Waals surface area contributed by atoms with Gasteiger partial charge in [0.05, 0.1) is 12.6 Å². The van der Waals surface area contributed by atoms with Crippen LogP contribution < -0.4 is 5.32 Å². The number of carbonyl (C=O) groups excluding carboxylic acids is 1. The maximum absolute atomic E-state index is 11.8. The van der Waals surface area contributed by atoms with E-state index >= 15 is 0 Å². The minimum absolute atomic E-state index is 0.0370. The Balaban J connectivity index is 1.71. The fraction of sp³-hybridized carbons (Fsp3) is 0.400. The van der Waals surface area contributed by atoms with Gasteiger partial charge in [-0.05, 0) is 43.7 Å². The number of likely N-dealkylation sites (N-methyl/N-ethyl adjacent to an activating group) is 1. The van der Waals surface area contributed by atoms with E-state index in [1.807, 2.05) is 12.1 Å². The van der Waals surface area contributed by atoms with Crippen molar-refractivity contribution >= 4 is 17.5 Å². The topological polar surface area (TPSA) is 71.3 Å². The molecule has 1 aromatic carbocycles. The predicted octanol–water partition coefficient (Wildman–Crippen LogP) is 2.10. The molecule has 2 aromatic rings. The Morgan fingerprint density at radius 3 is 2.91 bits per heavy atom. The Morgan fingerprint density at radius 2 is 2.18 bits per heavy atom. The first-order valence-corrected chi connectivity index (χ1v) is 7.59. The van der Waals surface area contributed by atoms with Gasteiger partial charge in [-0.15, -0.1) is 10.2 Å². The third-order valence-corrected chi connectivity index (χ3v) is 4.06. The minimum Gasteiger partial charge on any atom is -0.419 e. The summed E-state index contributed by atoms with van der Waals surface area (Å²) >= 11 is 5.87. The van der Waals surface area contributed by atoms with E-state index in [0.29, 0.717) is 23.3 Å². The monoisotopic (exact) mass is 320 g/mol. The van der Waals surface area contributed by atoms with Crippen molar-refractivity contribution in [3.63, 3.8) is 0 Å². The van der Waals surface area contributed by atoms with Crippen molar-refractivity contribution in [3.8, 4) is 11.5 Å². The quantitative estimate of drug-likeness (QED) is 0.934. The molecular weight excluding hydrogens is 304 g/mol. The Morgan fingerprint density at radius 1 is 1.41 bits per heavy atom. The summed E-state index contributed by atoms with van der Waals surface area (Å²) in [5.41, 5.74) is 0.826. The Kier molecular flexibility index (Phi) is 4.40. The van der Waals surface area contributed by atoms with Crippen LogP contribution in [0, 0.1) is 0 Å². The highest BCUT2D eigenvalue weighted by atomic mass is 35.5. The van der Waals surface area contributed by atoms with Crippen molar-refractivity contribution in [3.05, 3.63) is 35.2 Å². The van der Waals surface area contributed by atoms with Crippen LogP contribution in [0.3, 0.4) is 0 Å². The molecule has 22 heavy (non-hydrogen) atoms. The molecule has 1 amide bonds. The first kappa shape index (κ1) is 15.0. The number of nitrogens with one attached hydrogen (secondary N) is 1. The van der Waals surface area contributed by atoms with Gasteiger partial charge in [0.15, 0.2) is 0 Å².